The molecule has 0 unspecified atom stereocenters. The average Bonchev–Trinajstić information content (AvgIpc) is 3.68. The highest BCUT2D eigenvalue weighted by molar-refractivity contribution is 5.73. The first-order valence-electron chi connectivity index (χ1n) is 12.2. The summed E-state index contributed by atoms with van der Waals surface area (Å²) in [5.74, 6) is 0.228. The van der Waals surface area contributed by atoms with Crippen LogP contribution in [0.3, 0.4) is 0 Å². The number of hydrogen-bond acceptors (Lipinski definition) is 6. The molecule has 1 aromatic carbocycles. The molecule has 1 spiro atoms. The summed E-state index contributed by atoms with van der Waals surface area (Å²) in [5, 5.41) is 0. The van der Waals surface area contributed by atoms with Gasteiger partial charge in [0.2, 0.25) is 5.82 Å². The number of rotatable bonds is 5. The Morgan fingerprint density at radius 2 is 1.94 bits per heavy atom. The second-order valence-electron chi connectivity index (χ2n) is 10.1. The standard InChI is InChI=1S/C26H30F3N3O3/c1-16(23(33)34-2)22(18-4-5-18)19-6-3-17-7-9-25(35-20(17)15-19)10-13-32(14-11-25)21-8-12-30-24(31-21)26(27,28)29/h3,6,8,12,15-16,18,22H,4-5,7,9-11,13-14H2,1-2H3/t16-,22-/m0/s1. The number of alkyl halides is 3. The first-order chi connectivity index (χ1) is 16.7. The molecule has 0 bridgehead atoms. The van der Waals surface area contributed by atoms with E-state index in [0.29, 0.717) is 37.7 Å². The lowest BCUT2D eigenvalue weighted by molar-refractivity contribution is -0.146. The van der Waals surface area contributed by atoms with Crippen molar-refractivity contribution < 1.29 is 27.4 Å². The van der Waals surface area contributed by atoms with Gasteiger partial charge in [-0.15, -0.1) is 0 Å². The van der Waals surface area contributed by atoms with E-state index in [2.05, 4.69) is 28.2 Å². The zero-order valence-corrected chi connectivity index (χ0v) is 20.0. The maximum Gasteiger partial charge on any atom is 0.451 e. The first kappa shape index (κ1) is 23.9. The molecule has 35 heavy (non-hydrogen) atoms. The van der Waals surface area contributed by atoms with E-state index >= 15 is 0 Å². The van der Waals surface area contributed by atoms with Crippen LogP contribution in [0.5, 0.6) is 5.75 Å². The molecule has 6 nitrogen and oxygen atoms in total. The van der Waals surface area contributed by atoms with Crippen LogP contribution in [0.25, 0.3) is 0 Å². The smallest absolute Gasteiger partial charge is 0.451 e. The summed E-state index contributed by atoms with van der Waals surface area (Å²) >= 11 is 0. The van der Waals surface area contributed by atoms with Crippen molar-refractivity contribution >= 4 is 11.8 Å². The minimum absolute atomic E-state index is 0.108. The zero-order chi connectivity index (χ0) is 24.8. The molecule has 9 heteroatoms. The molecule has 5 rings (SSSR count). The van der Waals surface area contributed by atoms with E-state index in [1.54, 1.807) is 0 Å². The lowest BCUT2D eigenvalue weighted by Crippen LogP contribution is -2.50. The van der Waals surface area contributed by atoms with Crippen LogP contribution in [0.15, 0.2) is 30.5 Å². The third-order valence-electron chi connectivity index (χ3n) is 7.79. The van der Waals surface area contributed by atoms with Gasteiger partial charge in [-0.1, -0.05) is 19.1 Å². The second-order valence-corrected chi connectivity index (χ2v) is 10.1. The third kappa shape index (κ3) is 4.82. The summed E-state index contributed by atoms with van der Waals surface area (Å²) in [4.78, 5) is 21.3. The fourth-order valence-electron chi connectivity index (χ4n) is 5.64. The molecule has 2 fully saturated rings. The third-order valence-corrected chi connectivity index (χ3v) is 7.79. The van der Waals surface area contributed by atoms with Gasteiger partial charge in [0, 0.05) is 32.1 Å². The van der Waals surface area contributed by atoms with Gasteiger partial charge in [0.25, 0.3) is 0 Å². The molecule has 3 aliphatic rings. The number of anilines is 1. The number of ether oxygens (including phenoxy) is 2. The van der Waals surface area contributed by atoms with Gasteiger partial charge in [-0.25, -0.2) is 9.97 Å². The molecule has 2 aliphatic heterocycles. The lowest BCUT2D eigenvalue weighted by Gasteiger charge is -2.45. The van der Waals surface area contributed by atoms with E-state index in [1.165, 1.54) is 13.2 Å². The van der Waals surface area contributed by atoms with Gasteiger partial charge in [-0.3, -0.25) is 4.79 Å². The number of fused-ring (bicyclic) bond motifs is 1. The fraction of sp³-hybridized carbons (Fsp3) is 0.577. The van der Waals surface area contributed by atoms with E-state index in [9.17, 15) is 18.0 Å². The summed E-state index contributed by atoms with van der Waals surface area (Å²) < 4.78 is 50.7. The quantitative estimate of drug-likeness (QED) is 0.541. The molecule has 1 aliphatic carbocycles. The van der Waals surface area contributed by atoms with Gasteiger partial charge >= 0.3 is 12.1 Å². The van der Waals surface area contributed by atoms with Gasteiger partial charge in [-0.2, -0.15) is 13.2 Å². The van der Waals surface area contributed by atoms with E-state index in [4.69, 9.17) is 9.47 Å². The minimum atomic E-state index is -4.56. The molecule has 0 N–H and O–H groups in total. The average molecular weight is 490 g/mol. The molecule has 0 amide bonds. The SMILES string of the molecule is COC(=O)[C@@H](C)[C@H](c1ccc2c(c1)OC1(CC2)CCN(c2ccnc(C(F)(F)F)n2)CC1)C1CC1. The Labute approximate surface area is 202 Å². The molecule has 1 saturated carbocycles. The topological polar surface area (TPSA) is 64.6 Å². The summed E-state index contributed by atoms with van der Waals surface area (Å²) in [6.07, 6.45) is 1.99. The van der Waals surface area contributed by atoms with Crippen molar-refractivity contribution in [2.24, 2.45) is 11.8 Å². The number of benzene rings is 1. The number of carbonyl (C=O) groups excluding carboxylic acids is 1. The van der Waals surface area contributed by atoms with Crippen molar-refractivity contribution in [1.82, 2.24) is 9.97 Å². The normalized spacial score (nSPS) is 21.1. The Bertz CT molecular complexity index is 1090. The van der Waals surface area contributed by atoms with Crippen LogP contribution >= 0.6 is 0 Å². The molecular weight excluding hydrogens is 459 g/mol. The molecular formula is C26H30F3N3O3. The first-order valence-corrected chi connectivity index (χ1v) is 12.2. The maximum absolute atomic E-state index is 13.0. The van der Waals surface area contributed by atoms with Gasteiger partial charge in [0.05, 0.1) is 13.0 Å². The molecule has 1 aromatic heterocycles. The molecule has 2 atom stereocenters. The van der Waals surface area contributed by atoms with Crippen molar-refractivity contribution in [2.75, 3.05) is 25.1 Å². The highest BCUT2D eigenvalue weighted by Crippen LogP contribution is 2.49. The predicted octanol–water partition coefficient (Wildman–Crippen LogP) is 5.16. The predicted molar refractivity (Wildman–Crippen MR) is 123 cm³/mol. The van der Waals surface area contributed by atoms with Gasteiger partial charge in [-0.05, 0) is 60.8 Å². The summed E-state index contributed by atoms with van der Waals surface area (Å²) in [5.41, 5.74) is 1.93. The molecule has 188 valence electrons. The van der Waals surface area contributed by atoms with Crippen LogP contribution in [0.1, 0.15) is 61.9 Å². The maximum atomic E-state index is 13.0. The summed E-state index contributed by atoms with van der Waals surface area (Å²) in [6, 6.07) is 7.87. The van der Waals surface area contributed by atoms with Crippen LogP contribution in [0, 0.1) is 11.8 Å². The van der Waals surface area contributed by atoms with E-state index in [0.717, 1.165) is 48.8 Å². The van der Waals surface area contributed by atoms with Gasteiger partial charge in [0.15, 0.2) is 0 Å². The van der Waals surface area contributed by atoms with E-state index < -0.39 is 12.0 Å². The largest absolute Gasteiger partial charge is 0.487 e. The number of halogens is 3. The minimum Gasteiger partial charge on any atom is -0.487 e. The highest BCUT2D eigenvalue weighted by Gasteiger charge is 2.42. The number of nitrogens with zero attached hydrogens (tertiary/aromatic N) is 3. The highest BCUT2D eigenvalue weighted by atomic mass is 19.4. The Hall–Kier alpha value is -2.84. The number of aromatic nitrogens is 2. The molecule has 0 radical (unpaired) electrons. The van der Waals surface area contributed by atoms with Gasteiger partial charge in [0.1, 0.15) is 17.2 Å². The van der Waals surface area contributed by atoms with E-state index in [1.807, 2.05) is 11.8 Å². The molecule has 1 saturated heterocycles. The Balaban J connectivity index is 1.31. The summed E-state index contributed by atoms with van der Waals surface area (Å²) in [6.45, 7) is 3.06. The van der Waals surface area contributed by atoms with Crippen LogP contribution in [0.4, 0.5) is 19.0 Å². The Kier molecular flexibility index (Phi) is 6.13. The van der Waals surface area contributed by atoms with Crippen molar-refractivity contribution in [2.45, 2.75) is 63.1 Å². The van der Waals surface area contributed by atoms with Crippen molar-refractivity contribution in [3.63, 3.8) is 0 Å². The molecule has 3 heterocycles. The van der Waals surface area contributed by atoms with Crippen molar-refractivity contribution in [3.8, 4) is 5.75 Å². The number of aryl methyl sites for hydroxylation is 1. The van der Waals surface area contributed by atoms with Crippen molar-refractivity contribution in [3.05, 3.63) is 47.4 Å². The van der Waals surface area contributed by atoms with Crippen LogP contribution in [0.2, 0.25) is 0 Å². The number of hydrogen-bond donors (Lipinski definition) is 0. The van der Waals surface area contributed by atoms with Gasteiger partial charge < -0.3 is 14.4 Å². The van der Waals surface area contributed by atoms with Crippen LogP contribution in [-0.4, -0.2) is 41.7 Å². The zero-order valence-electron chi connectivity index (χ0n) is 20.0. The lowest BCUT2D eigenvalue weighted by atomic mass is 9.80. The van der Waals surface area contributed by atoms with Crippen molar-refractivity contribution in [1.29, 1.82) is 0 Å². The molecule has 2 aromatic rings. The number of methoxy groups -OCH3 is 1. The Morgan fingerprint density at radius 3 is 2.60 bits per heavy atom. The van der Waals surface area contributed by atoms with E-state index in [-0.39, 0.29) is 23.4 Å². The number of piperidine rings is 1. The number of esters is 1. The monoisotopic (exact) mass is 489 g/mol. The van der Waals surface area contributed by atoms with Crippen LogP contribution < -0.4 is 9.64 Å². The fourth-order valence-corrected chi connectivity index (χ4v) is 5.64. The second kappa shape index (κ2) is 8.99. The van der Waals surface area contributed by atoms with Crippen LogP contribution in [-0.2, 0) is 22.1 Å². The number of carbonyl (C=O) groups is 1. The summed E-state index contributed by atoms with van der Waals surface area (Å²) in [7, 11) is 1.43. The Morgan fingerprint density at radius 1 is 1.20 bits per heavy atom.